The van der Waals surface area contributed by atoms with Crippen LogP contribution < -0.4 is 9.47 Å². The number of rotatable bonds is 7. The summed E-state index contributed by atoms with van der Waals surface area (Å²) in [5.41, 5.74) is 0.826. The molecule has 1 fully saturated rings. The highest BCUT2D eigenvalue weighted by molar-refractivity contribution is 5.93. The number of hydrogen-bond donors (Lipinski definition) is 3. The Hall–Kier alpha value is -2.37. The first-order valence-corrected chi connectivity index (χ1v) is 9.09. The lowest BCUT2D eigenvalue weighted by Gasteiger charge is -2.22. The van der Waals surface area contributed by atoms with Crippen LogP contribution in [0.25, 0.3) is 6.08 Å². The van der Waals surface area contributed by atoms with Gasteiger partial charge in [-0.05, 0) is 32.3 Å². The third kappa shape index (κ3) is 4.23. The van der Waals surface area contributed by atoms with Gasteiger partial charge in [0.2, 0.25) is 11.5 Å². The van der Waals surface area contributed by atoms with Gasteiger partial charge in [-0.25, -0.2) is 4.79 Å². The minimum absolute atomic E-state index is 0.0201. The van der Waals surface area contributed by atoms with Gasteiger partial charge < -0.3 is 24.8 Å². The molecule has 0 bridgehead atoms. The van der Waals surface area contributed by atoms with Crippen molar-refractivity contribution in [3.63, 3.8) is 0 Å². The van der Waals surface area contributed by atoms with Crippen LogP contribution in [-0.4, -0.2) is 35.0 Å². The molecular weight excluding hydrogens is 336 g/mol. The van der Waals surface area contributed by atoms with Crippen LogP contribution in [0.4, 0.5) is 0 Å². The van der Waals surface area contributed by atoms with Gasteiger partial charge in [-0.1, -0.05) is 32.1 Å². The standard InChI is InChI=1S/C20H28O6/c1-4-26-19-17(22)15(12(2)16(21)18(19)25-3)11-14(20(23)24)10-13-8-6-5-7-9-13/h11,13,21-22H,4-10H2,1-3H3,(H,23,24)/b14-11+. The number of carboxylic acid groups (broad SMARTS) is 1. The van der Waals surface area contributed by atoms with Gasteiger partial charge in [-0.2, -0.15) is 0 Å². The highest BCUT2D eigenvalue weighted by Gasteiger charge is 2.25. The van der Waals surface area contributed by atoms with Gasteiger partial charge in [-0.15, -0.1) is 0 Å². The Morgan fingerprint density at radius 2 is 1.81 bits per heavy atom. The maximum atomic E-state index is 11.8. The molecule has 26 heavy (non-hydrogen) atoms. The zero-order chi connectivity index (χ0) is 19.3. The van der Waals surface area contributed by atoms with E-state index >= 15 is 0 Å². The van der Waals surface area contributed by atoms with Crippen molar-refractivity contribution in [2.75, 3.05) is 13.7 Å². The van der Waals surface area contributed by atoms with E-state index in [2.05, 4.69) is 0 Å². The molecule has 0 atom stereocenters. The Morgan fingerprint density at radius 3 is 2.35 bits per heavy atom. The van der Waals surface area contributed by atoms with Crippen molar-refractivity contribution in [3.05, 3.63) is 16.7 Å². The molecule has 0 spiro atoms. The number of carboxylic acids is 1. The lowest BCUT2D eigenvalue weighted by atomic mass is 9.84. The van der Waals surface area contributed by atoms with Crippen LogP contribution in [0.2, 0.25) is 0 Å². The van der Waals surface area contributed by atoms with Gasteiger partial charge in [0.1, 0.15) is 0 Å². The molecule has 3 N–H and O–H groups in total. The van der Waals surface area contributed by atoms with Gasteiger partial charge in [0.15, 0.2) is 11.5 Å². The van der Waals surface area contributed by atoms with E-state index in [1.165, 1.54) is 19.6 Å². The normalized spacial score (nSPS) is 15.7. The number of phenols is 2. The lowest BCUT2D eigenvalue weighted by Crippen LogP contribution is -2.11. The molecule has 6 nitrogen and oxygen atoms in total. The van der Waals surface area contributed by atoms with E-state index in [1.807, 2.05) is 0 Å². The van der Waals surface area contributed by atoms with Crippen LogP contribution in [0, 0.1) is 12.8 Å². The number of aromatic hydroxyl groups is 2. The van der Waals surface area contributed by atoms with E-state index in [4.69, 9.17) is 9.47 Å². The maximum absolute atomic E-state index is 11.8. The average molecular weight is 364 g/mol. The van der Waals surface area contributed by atoms with E-state index in [1.54, 1.807) is 13.8 Å². The molecular formula is C20H28O6. The molecule has 0 aromatic heterocycles. The Kier molecular flexibility index (Phi) is 6.77. The fraction of sp³-hybridized carbons (Fsp3) is 0.550. The van der Waals surface area contributed by atoms with Crippen LogP contribution in [0.1, 0.15) is 56.6 Å². The predicted octanol–water partition coefficient (Wildman–Crippen LogP) is 4.25. The SMILES string of the molecule is CCOc1c(O)c(/C=C(\CC2CCCCC2)C(=O)O)c(C)c(O)c1OC. The van der Waals surface area contributed by atoms with Crippen molar-refractivity contribution in [1.82, 2.24) is 0 Å². The van der Waals surface area contributed by atoms with E-state index < -0.39 is 5.97 Å². The van der Waals surface area contributed by atoms with E-state index in [-0.39, 0.29) is 40.7 Å². The molecule has 1 aromatic carbocycles. The first kappa shape index (κ1) is 19.9. The Balaban J connectivity index is 2.49. The van der Waals surface area contributed by atoms with Crippen molar-refractivity contribution < 1.29 is 29.6 Å². The largest absolute Gasteiger partial charge is 0.504 e. The molecule has 0 saturated heterocycles. The minimum Gasteiger partial charge on any atom is -0.504 e. The van der Waals surface area contributed by atoms with Gasteiger partial charge in [-0.3, -0.25) is 0 Å². The van der Waals surface area contributed by atoms with Crippen molar-refractivity contribution in [1.29, 1.82) is 0 Å². The molecule has 0 aliphatic heterocycles. The van der Waals surface area contributed by atoms with Crippen LogP contribution in [0.3, 0.4) is 0 Å². The second-order valence-corrected chi connectivity index (χ2v) is 6.71. The number of ether oxygens (including phenoxy) is 2. The third-order valence-corrected chi connectivity index (χ3v) is 4.97. The fourth-order valence-electron chi connectivity index (χ4n) is 3.54. The molecule has 1 aliphatic rings. The van der Waals surface area contributed by atoms with E-state index in [9.17, 15) is 20.1 Å². The first-order chi connectivity index (χ1) is 12.4. The molecule has 6 heteroatoms. The van der Waals surface area contributed by atoms with Crippen molar-refractivity contribution in [2.24, 2.45) is 5.92 Å². The Morgan fingerprint density at radius 1 is 1.15 bits per heavy atom. The molecule has 0 heterocycles. The lowest BCUT2D eigenvalue weighted by molar-refractivity contribution is -0.132. The Labute approximate surface area is 154 Å². The third-order valence-electron chi connectivity index (χ3n) is 4.97. The Bertz CT molecular complexity index is 686. The molecule has 1 aromatic rings. The topological polar surface area (TPSA) is 96.2 Å². The average Bonchev–Trinajstić information content (AvgIpc) is 2.63. The zero-order valence-corrected chi connectivity index (χ0v) is 15.7. The molecule has 0 radical (unpaired) electrons. The van der Waals surface area contributed by atoms with Crippen molar-refractivity contribution in [2.45, 2.75) is 52.4 Å². The molecule has 2 rings (SSSR count). The molecule has 1 aliphatic carbocycles. The highest BCUT2D eigenvalue weighted by atomic mass is 16.5. The summed E-state index contributed by atoms with van der Waals surface area (Å²) in [6.07, 6.45) is 7.39. The smallest absolute Gasteiger partial charge is 0.331 e. The van der Waals surface area contributed by atoms with Crippen LogP contribution >= 0.6 is 0 Å². The van der Waals surface area contributed by atoms with Gasteiger partial charge in [0.25, 0.3) is 0 Å². The predicted molar refractivity (Wildman–Crippen MR) is 99.0 cm³/mol. The summed E-state index contributed by atoms with van der Waals surface area (Å²) >= 11 is 0. The molecule has 0 amide bonds. The summed E-state index contributed by atoms with van der Waals surface area (Å²) in [6.45, 7) is 3.62. The zero-order valence-electron chi connectivity index (χ0n) is 15.7. The maximum Gasteiger partial charge on any atom is 0.331 e. The summed E-state index contributed by atoms with van der Waals surface area (Å²) < 4.78 is 10.6. The quantitative estimate of drug-likeness (QED) is 0.494. The highest BCUT2D eigenvalue weighted by Crippen LogP contribution is 2.49. The number of methoxy groups -OCH3 is 1. The number of hydrogen-bond acceptors (Lipinski definition) is 5. The molecule has 0 unspecified atom stereocenters. The van der Waals surface area contributed by atoms with Gasteiger partial charge in [0.05, 0.1) is 13.7 Å². The molecule has 144 valence electrons. The minimum atomic E-state index is -1.01. The number of carbonyl (C=O) groups is 1. The number of aliphatic carboxylic acids is 1. The summed E-state index contributed by atoms with van der Waals surface area (Å²) in [4.78, 5) is 11.8. The monoisotopic (exact) mass is 364 g/mol. The summed E-state index contributed by atoms with van der Waals surface area (Å²) in [6, 6.07) is 0. The fourth-order valence-corrected chi connectivity index (χ4v) is 3.54. The summed E-state index contributed by atoms with van der Waals surface area (Å²) in [5.74, 6) is -0.992. The number of benzene rings is 1. The van der Waals surface area contributed by atoms with Crippen molar-refractivity contribution in [3.8, 4) is 23.0 Å². The van der Waals surface area contributed by atoms with E-state index in [0.717, 1.165) is 25.7 Å². The van der Waals surface area contributed by atoms with Gasteiger partial charge >= 0.3 is 5.97 Å². The first-order valence-electron chi connectivity index (χ1n) is 9.09. The molecule has 1 saturated carbocycles. The second kappa shape index (κ2) is 8.83. The van der Waals surface area contributed by atoms with Crippen LogP contribution in [0.15, 0.2) is 5.57 Å². The van der Waals surface area contributed by atoms with Crippen LogP contribution in [0.5, 0.6) is 23.0 Å². The number of phenolic OH excluding ortho intramolecular Hbond substituents is 2. The summed E-state index contributed by atoms with van der Waals surface area (Å²) in [7, 11) is 1.37. The van der Waals surface area contributed by atoms with Crippen LogP contribution in [-0.2, 0) is 4.79 Å². The van der Waals surface area contributed by atoms with Crippen molar-refractivity contribution >= 4 is 12.0 Å². The summed E-state index contributed by atoms with van der Waals surface area (Å²) in [5, 5.41) is 30.6. The van der Waals surface area contributed by atoms with E-state index in [0.29, 0.717) is 17.9 Å². The second-order valence-electron chi connectivity index (χ2n) is 6.71. The van der Waals surface area contributed by atoms with Gasteiger partial charge in [0, 0.05) is 16.7 Å².